The van der Waals surface area contributed by atoms with Crippen molar-refractivity contribution in [3.8, 4) is 11.4 Å². The molecule has 25 heavy (non-hydrogen) atoms. The summed E-state index contributed by atoms with van der Waals surface area (Å²) in [6.07, 6.45) is 5.00. The Labute approximate surface area is 147 Å². The molecule has 0 bridgehead atoms. The van der Waals surface area contributed by atoms with Crippen LogP contribution in [0.3, 0.4) is 0 Å². The van der Waals surface area contributed by atoms with Crippen LogP contribution in [0, 0.1) is 10.1 Å². The molecule has 126 valence electrons. The lowest BCUT2D eigenvalue weighted by atomic mass is 10.2. The van der Waals surface area contributed by atoms with E-state index in [9.17, 15) is 10.1 Å². The summed E-state index contributed by atoms with van der Waals surface area (Å²) in [5.74, 6) is 1.42. The highest BCUT2D eigenvalue weighted by atomic mass is 32.2. The Morgan fingerprint density at radius 2 is 2.08 bits per heavy atom. The van der Waals surface area contributed by atoms with E-state index < -0.39 is 4.92 Å². The van der Waals surface area contributed by atoms with Gasteiger partial charge in [-0.25, -0.2) is 0 Å². The van der Waals surface area contributed by atoms with E-state index in [1.165, 1.54) is 23.9 Å². The Hall–Kier alpha value is -3.07. The van der Waals surface area contributed by atoms with Crippen LogP contribution >= 0.6 is 11.8 Å². The molecule has 0 fully saturated rings. The molecule has 0 saturated carbocycles. The summed E-state index contributed by atoms with van der Waals surface area (Å²) in [5.41, 5.74) is 1.59. The minimum absolute atomic E-state index is 0.0414. The van der Waals surface area contributed by atoms with Gasteiger partial charge in [-0.2, -0.15) is 9.78 Å². The normalized spacial score (nSPS) is 11.1. The smallest absolute Gasteiger partial charge is 0.264 e. The Kier molecular flexibility index (Phi) is 5.14. The van der Waals surface area contributed by atoms with Crippen LogP contribution in [0.4, 0.5) is 5.69 Å². The van der Waals surface area contributed by atoms with Crippen molar-refractivity contribution < 1.29 is 4.92 Å². The Morgan fingerprint density at radius 3 is 2.72 bits per heavy atom. The first-order valence-corrected chi connectivity index (χ1v) is 8.45. The number of non-ortho nitro benzene ring substituents is 1. The largest absolute Gasteiger partial charge is 0.269 e. The molecule has 9 heteroatoms. The first kappa shape index (κ1) is 16.8. The maximum atomic E-state index is 10.7. The average Bonchev–Trinajstić information content (AvgIpc) is 3.04. The van der Waals surface area contributed by atoms with Gasteiger partial charge in [-0.1, -0.05) is 18.7 Å². The van der Waals surface area contributed by atoms with Gasteiger partial charge in [0.1, 0.15) is 0 Å². The Bertz CT molecular complexity index is 893. The van der Waals surface area contributed by atoms with Crippen molar-refractivity contribution in [1.29, 1.82) is 0 Å². The molecule has 0 amide bonds. The van der Waals surface area contributed by atoms with Gasteiger partial charge in [-0.15, -0.1) is 10.2 Å². The highest BCUT2D eigenvalue weighted by Crippen LogP contribution is 2.23. The molecule has 0 spiro atoms. The summed E-state index contributed by atoms with van der Waals surface area (Å²) in [4.78, 5) is 14.4. The summed E-state index contributed by atoms with van der Waals surface area (Å²) in [7, 11) is 0. The molecule has 0 atom stereocenters. The van der Waals surface area contributed by atoms with E-state index in [4.69, 9.17) is 0 Å². The monoisotopic (exact) mass is 354 g/mol. The minimum atomic E-state index is -0.433. The number of benzene rings is 1. The predicted octanol–water partition coefficient (Wildman–Crippen LogP) is 3.24. The summed E-state index contributed by atoms with van der Waals surface area (Å²) in [6.45, 7) is 2.02. The van der Waals surface area contributed by atoms with Crippen LogP contribution in [-0.2, 0) is 0 Å². The lowest BCUT2D eigenvalue weighted by molar-refractivity contribution is -0.384. The lowest BCUT2D eigenvalue weighted by Gasteiger charge is -2.03. The second-order valence-electron chi connectivity index (χ2n) is 4.89. The third-order valence-corrected chi connectivity index (χ3v) is 4.03. The molecule has 3 rings (SSSR count). The van der Waals surface area contributed by atoms with Crippen molar-refractivity contribution in [2.24, 2.45) is 5.10 Å². The topological polar surface area (TPSA) is 99.1 Å². The van der Waals surface area contributed by atoms with E-state index in [0.717, 1.165) is 16.9 Å². The van der Waals surface area contributed by atoms with Crippen LogP contribution in [0.5, 0.6) is 0 Å². The van der Waals surface area contributed by atoms with E-state index in [1.807, 2.05) is 19.1 Å². The van der Waals surface area contributed by atoms with Gasteiger partial charge in [-0.3, -0.25) is 15.1 Å². The van der Waals surface area contributed by atoms with Crippen molar-refractivity contribution in [3.05, 3.63) is 64.5 Å². The van der Waals surface area contributed by atoms with Gasteiger partial charge in [0, 0.05) is 30.1 Å². The molecule has 0 aliphatic rings. The van der Waals surface area contributed by atoms with E-state index in [1.54, 1.807) is 35.4 Å². The molecule has 0 aliphatic carbocycles. The average molecular weight is 354 g/mol. The maximum absolute atomic E-state index is 10.7. The molecule has 2 heterocycles. The molecule has 1 aromatic carbocycles. The van der Waals surface area contributed by atoms with Gasteiger partial charge in [0.05, 0.1) is 11.1 Å². The van der Waals surface area contributed by atoms with Crippen molar-refractivity contribution in [1.82, 2.24) is 19.9 Å². The van der Waals surface area contributed by atoms with E-state index in [-0.39, 0.29) is 5.69 Å². The number of hydrogen-bond acceptors (Lipinski definition) is 7. The molecular weight excluding hydrogens is 340 g/mol. The highest BCUT2D eigenvalue weighted by molar-refractivity contribution is 7.99. The second-order valence-corrected chi connectivity index (χ2v) is 6.12. The van der Waals surface area contributed by atoms with Crippen LogP contribution in [0.2, 0.25) is 0 Å². The van der Waals surface area contributed by atoms with Crippen molar-refractivity contribution in [2.45, 2.75) is 12.1 Å². The number of nitro groups is 1. The van der Waals surface area contributed by atoms with Gasteiger partial charge >= 0.3 is 0 Å². The van der Waals surface area contributed by atoms with Gasteiger partial charge in [0.2, 0.25) is 5.16 Å². The maximum Gasteiger partial charge on any atom is 0.269 e. The zero-order chi connectivity index (χ0) is 17.6. The molecular formula is C16H14N6O2S. The van der Waals surface area contributed by atoms with E-state index >= 15 is 0 Å². The first-order chi connectivity index (χ1) is 12.2. The summed E-state index contributed by atoms with van der Waals surface area (Å²) < 4.78 is 1.65. The fourth-order valence-electron chi connectivity index (χ4n) is 2.07. The van der Waals surface area contributed by atoms with Crippen molar-refractivity contribution in [3.63, 3.8) is 0 Å². The first-order valence-electron chi connectivity index (χ1n) is 7.46. The zero-order valence-corrected chi connectivity index (χ0v) is 14.1. The fourth-order valence-corrected chi connectivity index (χ4v) is 2.68. The van der Waals surface area contributed by atoms with Crippen molar-refractivity contribution in [2.75, 3.05) is 5.75 Å². The Balaban J connectivity index is 1.94. The molecule has 3 aromatic rings. The number of nitrogens with zero attached hydrogens (tertiary/aromatic N) is 6. The number of hydrogen-bond donors (Lipinski definition) is 0. The summed E-state index contributed by atoms with van der Waals surface area (Å²) in [6, 6.07) is 9.87. The Morgan fingerprint density at radius 1 is 1.28 bits per heavy atom. The number of rotatable bonds is 6. The molecule has 0 N–H and O–H groups in total. The number of nitro benzene ring substituents is 1. The van der Waals surface area contributed by atoms with Crippen LogP contribution in [0.15, 0.2) is 59.0 Å². The van der Waals surface area contributed by atoms with Crippen molar-refractivity contribution >= 4 is 23.7 Å². The SMILES string of the molecule is CCSc1nnc(-c2cccnc2)n1N=Cc1ccc([N+](=O)[O-])cc1. The lowest BCUT2D eigenvalue weighted by Crippen LogP contribution is -1.97. The van der Waals surface area contributed by atoms with Gasteiger partial charge in [0.25, 0.3) is 5.69 Å². The van der Waals surface area contributed by atoms with Gasteiger partial charge < -0.3 is 0 Å². The van der Waals surface area contributed by atoms with E-state index in [0.29, 0.717) is 11.0 Å². The van der Waals surface area contributed by atoms with E-state index in [2.05, 4.69) is 20.3 Å². The van der Waals surface area contributed by atoms with Gasteiger partial charge in [0.15, 0.2) is 5.82 Å². The molecule has 0 saturated heterocycles. The molecule has 0 aliphatic heterocycles. The molecule has 8 nitrogen and oxygen atoms in total. The zero-order valence-electron chi connectivity index (χ0n) is 13.3. The number of thioether (sulfide) groups is 1. The van der Waals surface area contributed by atoms with Crippen LogP contribution in [-0.4, -0.2) is 36.7 Å². The number of aromatic nitrogens is 4. The molecule has 0 unspecified atom stereocenters. The van der Waals surface area contributed by atoms with Gasteiger partial charge in [-0.05, 0) is 35.6 Å². The predicted molar refractivity (Wildman–Crippen MR) is 95.7 cm³/mol. The molecule has 2 aromatic heterocycles. The summed E-state index contributed by atoms with van der Waals surface area (Å²) in [5, 5.41) is 24.2. The minimum Gasteiger partial charge on any atom is -0.264 e. The molecule has 0 radical (unpaired) electrons. The second kappa shape index (κ2) is 7.67. The standard InChI is InChI=1S/C16H14N6O2S/c1-2-25-16-20-19-15(13-4-3-9-17-11-13)21(16)18-10-12-5-7-14(8-6-12)22(23)24/h3-11H,2H2,1H3. The summed E-state index contributed by atoms with van der Waals surface area (Å²) >= 11 is 1.52. The third-order valence-electron chi connectivity index (χ3n) is 3.23. The number of pyridine rings is 1. The van der Waals surface area contributed by atoms with Crippen LogP contribution in [0.25, 0.3) is 11.4 Å². The van der Waals surface area contributed by atoms with Crippen LogP contribution < -0.4 is 0 Å². The third kappa shape index (κ3) is 3.89. The van der Waals surface area contributed by atoms with Crippen LogP contribution in [0.1, 0.15) is 12.5 Å². The quantitative estimate of drug-likeness (QED) is 0.292. The highest BCUT2D eigenvalue weighted by Gasteiger charge is 2.13. The fraction of sp³-hybridized carbons (Fsp3) is 0.125.